The molecule has 0 spiro atoms. The molecule has 2 aromatic carbocycles. The van der Waals surface area contributed by atoms with E-state index in [4.69, 9.17) is 4.74 Å². The molecule has 1 saturated heterocycles. The SMILES string of the molecule is O=C([O-])C1CCN(S(=O)(=O)c2ccc(Oc3ccccc3)cc2)CC1. The lowest BCUT2D eigenvalue weighted by Gasteiger charge is -2.31. The number of para-hydroxylation sites is 1. The van der Waals surface area contributed by atoms with Crippen molar-refractivity contribution in [2.24, 2.45) is 5.92 Å². The summed E-state index contributed by atoms with van der Waals surface area (Å²) in [5.41, 5.74) is 0. The number of hydrogen-bond acceptors (Lipinski definition) is 5. The molecule has 0 unspecified atom stereocenters. The number of carbonyl (C=O) groups is 1. The zero-order valence-electron chi connectivity index (χ0n) is 13.5. The fourth-order valence-electron chi connectivity index (χ4n) is 2.79. The van der Waals surface area contributed by atoms with Crippen LogP contribution >= 0.6 is 0 Å². The van der Waals surface area contributed by atoms with Crippen LogP contribution in [0.25, 0.3) is 0 Å². The van der Waals surface area contributed by atoms with Gasteiger partial charge in [-0.3, -0.25) is 0 Å². The van der Waals surface area contributed by atoms with E-state index in [9.17, 15) is 18.3 Å². The van der Waals surface area contributed by atoms with Crippen molar-refractivity contribution in [2.45, 2.75) is 17.7 Å². The van der Waals surface area contributed by atoms with Crippen LogP contribution in [0.3, 0.4) is 0 Å². The summed E-state index contributed by atoms with van der Waals surface area (Å²) in [7, 11) is -3.64. The highest BCUT2D eigenvalue weighted by molar-refractivity contribution is 7.89. The molecular formula is C18H18NO5S-. The van der Waals surface area contributed by atoms with E-state index in [-0.39, 0.29) is 30.8 Å². The Kier molecular flexibility index (Phi) is 5.06. The molecule has 132 valence electrons. The summed E-state index contributed by atoms with van der Waals surface area (Å²) in [6.45, 7) is 0.368. The molecule has 6 nitrogen and oxygen atoms in total. The first kappa shape index (κ1) is 17.4. The molecule has 3 rings (SSSR count). The highest BCUT2D eigenvalue weighted by atomic mass is 32.2. The van der Waals surface area contributed by atoms with Crippen molar-refractivity contribution in [2.75, 3.05) is 13.1 Å². The van der Waals surface area contributed by atoms with E-state index >= 15 is 0 Å². The molecule has 0 bridgehead atoms. The van der Waals surface area contributed by atoms with Gasteiger partial charge in [-0.15, -0.1) is 0 Å². The Morgan fingerprint density at radius 1 is 0.960 bits per heavy atom. The monoisotopic (exact) mass is 360 g/mol. The van der Waals surface area contributed by atoms with Gasteiger partial charge in [-0.05, 0) is 49.2 Å². The first-order chi connectivity index (χ1) is 12.0. The molecule has 0 N–H and O–H groups in total. The lowest BCUT2D eigenvalue weighted by Crippen LogP contribution is -2.43. The summed E-state index contributed by atoms with van der Waals surface area (Å²) < 4.78 is 32.3. The molecule has 7 heteroatoms. The van der Waals surface area contributed by atoms with Gasteiger partial charge in [0, 0.05) is 25.0 Å². The molecule has 0 amide bonds. The van der Waals surface area contributed by atoms with Crippen LogP contribution in [0.1, 0.15) is 12.8 Å². The molecule has 25 heavy (non-hydrogen) atoms. The van der Waals surface area contributed by atoms with Crippen molar-refractivity contribution in [1.29, 1.82) is 0 Å². The van der Waals surface area contributed by atoms with Gasteiger partial charge >= 0.3 is 0 Å². The Bertz CT molecular complexity index is 826. The fourth-order valence-corrected chi connectivity index (χ4v) is 4.25. The van der Waals surface area contributed by atoms with Crippen molar-refractivity contribution in [3.8, 4) is 11.5 Å². The van der Waals surface area contributed by atoms with Gasteiger partial charge in [-0.2, -0.15) is 4.31 Å². The van der Waals surface area contributed by atoms with E-state index in [0.29, 0.717) is 11.5 Å². The van der Waals surface area contributed by atoms with E-state index in [1.54, 1.807) is 12.1 Å². The van der Waals surface area contributed by atoms with Crippen molar-refractivity contribution in [1.82, 2.24) is 4.31 Å². The van der Waals surface area contributed by atoms with E-state index in [1.165, 1.54) is 16.4 Å². The molecule has 0 atom stereocenters. The van der Waals surface area contributed by atoms with Crippen LogP contribution in [0.5, 0.6) is 11.5 Å². The van der Waals surface area contributed by atoms with Crippen LogP contribution in [-0.4, -0.2) is 31.8 Å². The minimum atomic E-state index is -3.64. The van der Waals surface area contributed by atoms with Crippen LogP contribution in [0, 0.1) is 5.92 Å². The van der Waals surface area contributed by atoms with Gasteiger partial charge in [0.05, 0.1) is 4.90 Å². The number of sulfonamides is 1. The zero-order valence-corrected chi connectivity index (χ0v) is 14.3. The molecule has 2 aromatic rings. The average molecular weight is 360 g/mol. The zero-order chi connectivity index (χ0) is 17.9. The van der Waals surface area contributed by atoms with Gasteiger partial charge < -0.3 is 14.6 Å². The summed E-state index contributed by atoms with van der Waals surface area (Å²) in [4.78, 5) is 11.0. The molecule has 0 saturated carbocycles. The van der Waals surface area contributed by atoms with E-state index in [1.807, 2.05) is 30.3 Å². The molecular weight excluding hydrogens is 342 g/mol. The lowest BCUT2D eigenvalue weighted by molar-refractivity contribution is -0.312. The molecule has 1 fully saturated rings. The molecule has 0 aromatic heterocycles. The van der Waals surface area contributed by atoms with Gasteiger partial charge in [-0.25, -0.2) is 8.42 Å². The quantitative estimate of drug-likeness (QED) is 0.809. The van der Waals surface area contributed by atoms with Crippen molar-refractivity contribution < 1.29 is 23.1 Å². The van der Waals surface area contributed by atoms with Crippen molar-refractivity contribution in [3.05, 3.63) is 54.6 Å². The second-order valence-electron chi connectivity index (χ2n) is 5.88. The van der Waals surface area contributed by atoms with Gasteiger partial charge in [0.2, 0.25) is 10.0 Å². The number of carboxylic acid groups (broad SMARTS) is 1. The Labute approximate surface area is 146 Å². The van der Waals surface area contributed by atoms with Crippen molar-refractivity contribution in [3.63, 3.8) is 0 Å². The summed E-state index contributed by atoms with van der Waals surface area (Å²) in [5.74, 6) is -0.476. The molecule has 1 aliphatic heterocycles. The number of piperidine rings is 1. The third-order valence-electron chi connectivity index (χ3n) is 4.23. The first-order valence-corrected chi connectivity index (χ1v) is 9.45. The van der Waals surface area contributed by atoms with Crippen LogP contribution in [0.2, 0.25) is 0 Å². The Morgan fingerprint density at radius 3 is 2.08 bits per heavy atom. The number of ether oxygens (including phenoxy) is 1. The first-order valence-electron chi connectivity index (χ1n) is 8.01. The van der Waals surface area contributed by atoms with Gasteiger partial charge in [0.1, 0.15) is 11.5 Å². The predicted molar refractivity (Wildman–Crippen MR) is 89.4 cm³/mol. The Morgan fingerprint density at radius 2 is 1.52 bits per heavy atom. The Hall–Kier alpha value is -2.38. The number of benzene rings is 2. The van der Waals surface area contributed by atoms with E-state index in [2.05, 4.69) is 0 Å². The minimum Gasteiger partial charge on any atom is -0.550 e. The molecule has 0 radical (unpaired) electrons. The number of nitrogens with zero attached hydrogens (tertiary/aromatic N) is 1. The van der Waals surface area contributed by atoms with Crippen LogP contribution < -0.4 is 9.84 Å². The highest BCUT2D eigenvalue weighted by Gasteiger charge is 2.29. The third-order valence-corrected chi connectivity index (χ3v) is 6.14. The van der Waals surface area contributed by atoms with Crippen LogP contribution in [0.15, 0.2) is 59.5 Å². The molecule has 1 heterocycles. The summed E-state index contributed by atoms with van der Waals surface area (Å²) >= 11 is 0. The summed E-state index contributed by atoms with van der Waals surface area (Å²) in [6.07, 6.45) is 0.549. The fraction of sp³-hybridized carbons (Fsp3) is 0.278. The smallest absolute Gasteiger partial charge is 0.243 e. The second-order valence-corrected chi connectivity index (χ2v) is 7.82. The van der Waals surface area contributed by atoms with Crippen LogP contribution in [-0.2, 0) is 14.8 Å². The third kappa shape index (κ3) is 4.00. The van der Waals surface area contributed by atoms with Crippen molar-refractivity contribution >= 4 is 16.0 Å². The van der Waals surface area contributed by atoms with Gasteiger partial charge in [0.25, 0.3) is 0 Å². The number of carboxylic acids is 1. The predicted octanol–water partition coefficient (Wildman–Crippen LogP) is 1.63. The standard InChI is InChI=1S/C18H19NO5S/c20-18(21)14-10-12-19(13-11-14)25(22,23)17-8-6-16(7-9-17)24-15-4-2-1-3-5-15/h1-9,14H,10-13H2,(H,20,21)/p-1. The molecule has 1 aliphatic rings. The molecule has 0 aliphatic carbocycles. The second kappa shape index (κ2) is 7.25. The average Bonchev–Trinajstić information content (AvgIpc) is 2.63. The van der Waals surface area contributed by atoms with Crippen LogP contribution in [0.4, 0.5) is 0 Å². The Balaban J connectivity index is 1.70. The summed E-state index contributed by atoms with van der Waals surface area (Å²) in [5, 5.41) is 10.9. The lowest BCUT2D eigenvalue weighted by atomic mass is 9.99. The topological polar surface area (TPSA) is 86.7 Å². The maximum Gasteiger partial charge on any atom is 0.243 e. The van der Waals surface area contributed by atoms with E-state index < -0.39 is 21.9 Å². The largest absolute Gasteiger partial charge is 0.550 e. The van der Waals surface area contributed by atoms with Gasteiger partial charge in [-0.1, -0.05) is 18.2 Å². The normalized spacial score (nSPS) is 16.5. The maximum absolute atomic E-state index is 12.7. The van der Waals surface area contributed by atoms with E-state index in [0.717, 1.165) is 0 Å². The van der Waals surface area contributed by atoms with Gasteiger partial charge in [0.15, 0.2) is 0 Å². The minimum absolute atomic E-state index is 0.166. The number of aliphatic carboxylic acids is 1. The maximum atomic E-state index is 12.7. The number of hydrogen-bond donors (Lipinski definition) is 0. The highest BCUT2D eigenvalue weighted by Crippen LogP contribution is 2.26. The number of rotatable bonds is 5. The number of carbonyl (C=O) groups excluding carboxylic acids is 1. The summed E-state index contributed by atoms with van der Waals surface area (Å²) in [6, 6.07) is 15.4.